The first-order valence-electron chi connectivity index (χ1n) is 2.13. The number of carboxylic acids is 1. The van der Waals surface area contributed by atoms with E-state index < -0.39 is 19.2 Å². The number of aliphatic carboxylic acids is 1. The van der Waals surface area contributed by atoms with Crippen LogP contribution in [0.3, 0.4) is 0 Å². The van der Waals surface area contributed by atoms with Crippen molar-refractivity contribution in [3.05, 3.63) is 0 Å². The van der Waals surface area contributed by atoms with Gasteiger partial charge in [0.1, 0.15) is 0 Å². The van der Waals surface area contributed by atoms with Crippen LogP contribution in [-0.4, -0.2) is 26.5 Å². The molecule has 0 radical (unpaired) electrons. The maximum atomic E-state index is 10.1. The number of hydrogen-bond acceptors (Lipinski definition) is 2. The van der Waals surface area contributed by atoms with Crippen LogP contribution in [0, 0.1) is 0 Å². The van der Waals surface area contributed by atoms with E-state index in [1.807, 2.05) is 0 Å². The molecule has 0 aliphatic carbocycles. The molecule has 1 unspecified atom stereocenters. The third-order valence-electron chi connectivity index (χ3n) is 0.862. The molecule has 0 aliphatic rings. The lowest BCUT2D eigenvalue weighted by Gasteiger charge is -2.06. The second-order valence-electron chi connectivity index (χ2n) is 1.60. The molecule has 9 heavy (non-hydrogen) atoms. The predicted molar refractivity (Wildman–Crippen MR) is 29.1 cm³/mol. The highest BCUT2D eigenvalue weighted by atomic mass is 31.2. The largest absolute Gasteiger partial charge is 0.481 e. The molecular formula is C3H7O5P. The highest BCUT2D eigenvalue weighted by molar-refractivity contribution is 7.53. The minimum atomic E-state index is -4.41. The van der Waals surface area contributed by atoms with Gasteiger partial charge in [0.05, 0.1) is 0 Å². The van der Waals surface area contributed by atoms with E-state index in [0.29, 0.717) is 0 Å². The lowest BCUT2D eigenvalue weighted by molar-refractivity contribution is -0.136. The molecule has 0 saturated heterocycles. The average Bonchev–Trinajstić information content (AvgIpc) is 1.62. The summed E-state index contributed by atoms with van der Waals surface area (Å²) in [5, 5.41) is 8.03. The van der Waals surface area contributed by atoms with Gasteiger partial charge in [-0.15, -0.1) is 0 Å². The molecule has 3 N–H and O–H groups in total. The molecule has 0 amide bonds. The Kier molecular flexibility index (Phi) is 2.37. The predicted octanol–water partition coefficient (Wildman–Crippen LogP) is -0.363. The first-order chi connectivity index (χ1) is 3.85. The van der Waals surface area contributed by atoms with Gasteiger partial charge in [-0.1, -0.05) is 0 Å². The topological polar surface area (TPSA) is 94.8 Å². The molecule has 0 bridgehead atoms. The third-order valence-corrected chi connectivity index (χ3v) is 2.09. The minimum Gasteiger partial charge on any atom is -0.481 e. The maximum absolute atomic E-state index is 10.1. The molecule has 54 valence electrons. The van der Waals surface area contributed by atoms with E-state index in [9.17, 15) is 9.36 Å². The maximum Gasteiger partial charge on any atom is 0.339 e. The summed E-state index contributed by atoms with van der Waals surface area (Å²) in [6, 6.07) is 0. The van der Waals surface area contributed by atoms with E-state index in [2.05, 4.69) is 0 Å². The van der Waals surface area contributed by atoms with Gasteiger partial charge in [0, 0.05) is 0 Å². The molecule has 5 nitrogen and oxygen atoms in total. The quantitative estimate of drug-likeness (QED) is 0.373. The Bertz CT molecular complexity index is 158. The normalized spacial score (nSPS) is 15.0. The zero-order chi connectivity index (χ0) is 7.65. The van der Waals surface area contributed by atoms with Crippen LogP contribution >= 0.6 is 7.60 Å². The Morgan fingerprint density at radius 1 is 1.56 bits per heavy atom. The van der Waals surface area contributed by atoms with Crippen LogP contribution in [0.4, 0.5) is 0 Å². The van der Waals surface area contributed by atoms with Crippen molar-refractivity contribution in [1.82, 2.24) is 0 Å². The van der Waals surface area contributed by atoms with Crippen molar-refractivity contribution in [3.63, 3.8) is 0 Å². The summed E-state index contributed by atoms with van der Waals surface area (Å²) in [4.78, 5) is 26.2. The van der Waals surface area contributed by atoms with Crippen molar-refractivity contribution >= 4 is 13.6 Å². The summed E-state index contributed by atoms with van der Waals surface area (Å²) in [5.74, 6) is -1.48. The van der Waals surface area contributed by atoms with Crippen LogP contribution in [0.2, 0.25) is 0 Å². The smallest absolute Gasteiger partial charge is 0.339 e. The Balaban J connectivity index is 4.23. The molecule has 6 heteroatoms. The molecule has 0 saturated carbocycles. The van der Waals surface area contributed by atoms with E-state index in [-0.39, 0.29) is 0 Å². The van der Waals surface area contributed by atoms with Gasteiger partial charge < -0.3 is 14.9 Å². The van der Waals surface area contributed by atoms with Crippen LogP contribution in [0.1, 0.15) is 6.92 Å². The lowest BCUT2D eigenvalue weighted by Crippen LogP contribution is -2.15. The SMILES string of the molecule is CC([13C](=O)O)P(=O)(O)O. The number of hydrogen-bond donors (Lipinski definition) is 3. The van der Waals surface area contributed by atoms with Crippen LogP contribution < -0.4 is 0 Å². The van der Waals surface area contributed by atoms with Gasteiger partial charge >= 0.3 is 13.6 Å². The Labute approximate surface area is 51.5 Å². The first kappa shape index (κ1) is 8.62. The first-order valence-corrected chi connectivity index (χ1v) is 3.82. The molecule has 0 aromatic rings. The zero-order valence-electron chi connectivity index (χ0n) is 4.68. The fraction of sp³-hybridized carbons (Fsp3) is 0.667. The van der Waals surface area contributed by atoms with Crippen molar-refractivity contribution in [3.8, 4) is 0 Å². The molecule has 1 atom stereocenters. The molecule has 0 fully saturated rings. The fourth-order valence-electron chi connectivity index (χ4n) is 0.144. The molecule has 0 heterocycles. The van der Waals surface area contributed by atoms with Crippen molar-refractivity contribution in [2.24, 2.45) is 0 Å². The van der Waals surface area contributed by atoms with Crippen LogP contribution in [0.25, 0.3) is 0 Å². The van der Waals surface area contributed by atoms with Gasteiger partial charge in [0.2, 0.25) is 0 Å². The van der Waals surface area contributed by atoms with E-state index >= 15 is 0 Å². The number of rotatable bonds is 2. The van der Waals surface area contributed by atoms with Crippen molar-refractivity contribution in [2.75, 3.05) is 0 Å². The summed E-state index contributed by atoms with van der Waals surface area (Å²) in [6.45, 7) is 0.961. The summed E-state index contributed by atoms with van der Waals surface area (Å²) in [5.41, 5.74) is -1.60. The third kappa shape index (κ3) is 2.60. The summed E-state index contributed by atoms with van der Waals surface area (Å²) in [7, 11) is -4.41. The highest BCUT2D eigenvalue weighted by Crippen LogP contribution is 2.40. The average molecular weight is 155 g/mol. The monoisotopic (exact) mass is 155 g/mol. The van der Waals surface area contributed by atoms with Crippen molar-refractivity contribution in [2.45, 2.75) is 12.6 Å². The zero-order valence-corrected chi connectivity index (χ0v) is 5.58. The molecule has 0 aliphatic heterocycles. The number of carboxylic acid groups (broad SMARTS) is 1. The highest BCUT2D eigenvalue weighted by Gasteiger charge is 2.30. The van der Waals surface area contributed by atoms with Gasteiger partial charge in [-0.2, -0.15) is 0 Å². The second kappa shape index (κ2) is 2.47. The summed E-state index contributed by atoms with van der Waals surface area (Å²) >= 11 is 0. The van der Waals surface area contributed by atoms with Gasteiger partial charge in [0.15, 0.2) is 5.66 Å². The van der Waals surface area contributed by atoms with Crippen molar-refractivity contribution < 1.29 is 24.3 Å². The molecule has 0 aromatic heterocycles. The second-order valence-corrected chi connectivity index (χ2v) is 3.56. The Hall–Kier alpha value is -0.380. The van der Waals surface area contributed by atoms with Gasteiger partial charge in [-0.05, 0) is 6.92 Å². The van der Waals surface area contributed by atoms with E-state index in [1.54, 1.807) is 0 Å². The summed E-state index contributed by atoms with van der Waals surface area (Å²) < 4.78 is 10.1. The van der Waals surface area contributed by atoms with Gasteiger partial charge in [-0.25, -0.2) is 0 Å². The van der Waals surface area contributed by atoms with Gasteiger partial charge in [0.25, 0.3) is 0 Å². The number of carbonyl (C=O) groups is 1. The van der Waals surface area contributed by atoms with E-state index in [4.69, 9.17) is 14.9 Å². The molecular weight excluding hydrogens is 148 g/mol. The standard InChI is InChI=1S/C3H7O5P/c1-2(3(4)5)9(6,7)8/h2H,1H3,(H,4,5)(H2,6,7,8)/i3+1. The molecule has 0 aromatic carbocycles. The molecule has 0 rings (SSSR count). The summed E-state index contributed by atoms with van der Waals surface area (Å²) in [6.07, 6.45) is 0. The minimum absolute atomic E-state index is 0.961. The van der Waals surface area contributed by atoms with E-state index in [1.165, 1.54) is 0 Å². The Morgan fingerprint density at radius 2 is 1.89 bits per heavy atom. The van der Waals surface area contributed by atoms with Crippen LogP contribution in [-0.2, 0) is 9.36 Å². The Morgan fingerprint density at radius 3 is 1.89 bits per heavy atom. The lowest BCUT2D eigenvalue weighted by atomic mass is 10.7. The van der Waals surface area contributed by atoms with Crippen molar-refractivity contribution in [1.29, 1.82) is 0 Å². The fourth-order valence-corrected chi connectivity index (χ4v) is 0.432. The van der Waals surface area contributed by atoms with Crippen LogP contribution in [0.5, 0.6) is 0 Å². The van der Waals surface area contributed by atoms with Gasteiger partial charge in [-0.3, -0.25) is 9.36 Å². The van der Waals surface area contributed by atoms with E-state index in [0.717, 1.165) is 6.92 Å². The van der Waals surface area contributed by atoms with Crippen LogP contribution in [0.15, 0.2) is 0 Å². The molecule has 0 spiro atoms.